The van der Waals surface area contributed by atoms with Gasteiger partial charge in [0, 0.05) is 17.3 Å². The lowest BCUT2D eigenvalue weighted by Gasteiger charge is -2.05. The molecule has 2 aromatic rings. The number of ketones is 1. The normalized spacial score (nSPS) is 10.1. The van der Waals surface area contributed by atoms with Crippen molar-refractivity contribution in [1.29, 1.82) is 0 Å². The number of rotatable bonds is 6. The predicted molar refractivity (Wildman–Crippen MR) is 86.7 cm³/mol. The summed E-state index contributed by atoms with van der Waals surface area (Å²) < 4.78 is 0. The minimum Gasteiger partial charge on any atom is -0.325 e. The van der Waals surface area contributed by atoms with Crippen LogP contribution in [0.5, 0.6) is 0 Å². The lowest BCUT2D eigenvalue weighted by molar-refractivity contribution is -0.385. The van der Waals surface area contributed by atoms with E-state index in [1.807, 2.05) is 0 Å². The van der Waals surface area contributed by atoms with Gasteiger partial charge in [0.1, 0.15) is 6.20 Å². The third kappa shape index (κ3) is 4.89. The van der Waals surface area contributed by atoms with Crippen molar-refractivity contribution in [1.82, 2.24) is 4.98 Å². The summed E-state index contributed by atoms with van der Waals surface area (Å²) in [4.78, 5) is 36.9. The van der Waals surface area contributed by atoms with E-state index in [1.165, 1.54) is 30.8 Å². The summed E-state index contributed by atoms with van der Waals surface area (Å²) in [5.41, 5.74) is 1.08. The second-order valence-electron chi connectivity index (χ2n) is 4.58. The number of carbonyl (C=O) groups excluding carboxylic acids is 2. The van der Waals surface area contributed by atoms with E-state index in [9.17, 15) is 19.7 Å². The molecule has 1 N–H and O–H groups in total. The van der Waals surface area contributed by atoms with Crippen LogP contribution in [-0.4, -0.2) is 27.4 Å². The van der Waals surface area contributed by atoms with Crippen molar-refractivity contribution in [2.24, 2.45) is 0 Å². The molecule has 0 fully saturated rings. The molecule has 0 saturated heterocycles. The Morgan fingerprint density at radius 1 is 1.22 bits per heavy atom. The maximum absolute atomic E-state index is 11.8. The highest BCUT2D eigenvalue weighted by Gasteiger charge is 2.08. The van der Waals surface area contributed by atoms with Crippen molar-refractivity contribution in [2.45, 2.75) is 11.9 Å². The topological polar surface area (TPSA) is 102 Å². The third-order valence-electron chi connectivity index (χ3n) is 2.86. The number of benzene rings is 1. The molecule has 1 amide bonds. The molecule has 2 rings (SSSR count). The number of nitro groups is 1. The van der Waals surface area contributed by atoms with Gasteiger partial charge in [-0.3, -0.25) is 19.7 Å². The number of anilines is 1. The molecule has 0 unspecified atom stereocenters. The van der Waals surface area contributed by atoms with E-state index in [0.717, 1.165) is 6.20 Å². The SMILES string of the molecule is CC(=O)c1ccc(NC(=O)CSc2ccc([N+](=O)[O-])cn2)cc1. The Morgan fingerprint density at radius 2 is 1.91 bits per heavy atom. The first kappa shape index (κ1) is 16.6. The molecule has 0 aliphatic rings. The van der Waals surface area contributed by atoms with E-state index in [2.05, 4.69) is 10.3 Å². The number of nitrogens with one attached hydrogen (secondary N) is 1. The van der Waals surface area contributed by atoms with Gasteiger partial charge in [-0.25, -0.2) is 4.98 Å². The minimum absolute atomic E-state index is 0.0392. The molecular weight excluding hydrogens is 318 g/mol. The summed E-state index contributed by atoms with van der Waals surface area (Å²) >= 11 is 1.18. The molecule has 23 heavy (non-hydrogen) atoms. The number of hydrogen-bond donors (Lipinski definition) is 1. The number of thioether (sulfide) groups is 1. The Labute approximate surface area is 136 Å². The van der Waals surface area contributed by atoms with Crippen LogP contribution in [0.2, 0.25) is 0 Å². The Kier molecular flexibility index (Phi) is 5.42. The van der Waals surface area contributed by atoms with Crippen molar-refractivity contribution in [3.8, 4) is 0 Å². The van der Waals surface area contributed by atoms with Gasteiger partial charge in [0.2, 0.25) is 5.91 Å². The highest BCUT2D eigenvalue weighted by molar-refractivity contribution is 7.99. The largest absolute Gasteiger partial charge is 0.325 e. The highest BCUT2D eigenvalue weighted by Crippen LogP contribution is 2.18. The van der Waals surface area contributed by atoms with E-state index < -0.39 is 4.92 Å². The first-order valence-electron chi connectivity index (χ1n) is 6.60. The number of hydrogen-bond acceptors (Lipinski definition) is 6. The molecule has 0 spiro atoms. The summed E-state index contributed by atoms with van der Waals surface area (Å²) in [6, 6.07) is 9.43. The molecule has 1 heterocycles. The van der Waals surface area contributed by atoms with E-state index in [-0.39, 0.29) is 23.1 Å². The average Bonchev–Trinajstić information content (AvgIpc) is 2.54. The van der Waals surface area contributed by atoms with Crippen molar-refractivity contribution in [3.63, 3.8) is 0 Å². The van der Waals surface area contributed by atoms with Crippen LogP contribution in [-0.2, 0) is 4.79 Å². The third-order valence-corrected chi connectivity index (χ3v) is 3.80. The number of pyridine rings is 1. The molecule has 0 radical (unpaired) electrons. The Hall–Kier alpha value is -2.74. The Bertz CT molecular complexity index is 729. The number of carbonyl (C=O) groups is 2. The van der Waals surface area contributed by atoms with Gasteiger partial charge in [-0.1, -0.05) is 11.8 Å². The van der Waals surface area contributed by atoms with Gasteiger partial charge in [0.15, 0.2) is 5.78 Å². The van der Waals surface area contributed by atoms with Gasteiger partial charge in [-0.2, -0.15) is 0 Å². The number of aromatic nitrogens is 1. The van der Waals surface area contributed by atoms with Crippen LogP contribution in [0.3, 0.4) is 0 Å². The highest BCUT2D eigenvalue weighted by atomic mass is 32.2. The number of nitrogens with zero attached hydrogens (tertiary/aromatic N) is 2. The maximum Gasteiger partial charge on any atom is 0.287 e. The first-order chi connectivity index (χ1) is 11.0. The molecular formula is C15H13N3O4S. The summed E-state index contributed by atoms with van der Waals surface area (Å²) in [6.45, 7) is 1.47. The van der Waals surface area contributed by atoms with Crippen LogP contribution in [0.1, 0.15) is 17.3 Å². The van der Waals surface area contributed by atoms with Crippen molar-refractivity contribution < 1.29 is 14.5 Å². The quantitative estimate of drug-likeness (QED) is 0.378. The minimum atomic E-state index is -0.529. The van der Waals surface area contributed by atoms with E-state index in [4.69, 9.17) is 0 Å². The summed E-state index contributed by atoms with van der Waals surface area (Å²) in [5.74, 6) is -0.146. The fraction of sp³-hybridized carbons (Fsp3) is 0.133. The molecule has 1 aromatic carbocycles. The van der Waals surface area contributed by atoms with Crippen molar-refractivity contribution in [3.05, 3.63) is 58.3 Å². The maximum atomic E-state index is 11.8. The van der Waals surface area contributed by atoms with Crippen LogP contribution in [0.15, 0.2) is 47.6 Å². The first-order valence-corrected chi connectivity index (χ1v) is 7.58. The molecule has 8 heteroatoms. The fourth-order valence-electron chi connectivity index (χ4n) is 1.69. The van der Waals surface area contributed by atoms with Crippen LogP contribution in [0, 0.1) is 10.1 Å². The van der Waals surface area contributed by atoms with Crippen LogP contribution < -0.4 is 5.32 Å². The molecule has 0 saturated carbocycles. The van der Waals surface area contributed by atoms with Gasteiger partial charge in [-0.05, 0) is 37.3 Å². The van der Waals surface area contributed by atoms with E-state index >= 15 is 0 Å². The van der Waals surface area contributed by atoms with Crippen LogP contribution >= 0.6 is 11.8 Å². The zero-order valence-electron chi connectivity index (χ0n) is 12.2. The van der Waals surface area contributed by atoms with Gasteiger partial charge < -0.3 is 5.32 Å². The fourth-order valence-corrected chi connectivity index (χ4v) is 2.33. The smallest absolute Gasteiger partial charge is 0.287 e. The monoisotopic (exact) mass is 331 g/mol. The second-order valence-corrected chi connectivity index (χ2v) is 5.58. The van der Waals surface area contributed by atoms with Gasteiger partial charge in [0.05, 0.1) is 15.7 Å². The van der Waals surface area contributed by atoms with Gasteiger partial charge in [0.25, 0.3) is 5.69 Å². The number of amides is 1. The molecule has 0 aliphatic carbocycles. The average molecular weight is 331 g/mol. The Morgan fingerprint density at radius 3 is 2.43 bits per heavy atom. The standard InChI is InChI=1S/C15H13N3O4S/c1-10(19)11-2-4-12(5-3-11)17-14(20)9-23-15-7-6-13(8-16-15)18(21)22/h2-8H,9H2,1H3,(H,17,20). The van der Waals surface area contributed by atoms with Crippen LogP contribution in [0.25, 0.3) is 0 Å². The lowest BCUT2D eigenvalue weighted by atomic mass is 10.1. The molecule has 118 valence electrons. The van der Waals surface area contributed by atoms with E-state index in [0.29, 0.717) is 16.3 Å². The molecule has 0 aliphatic heterocycles. The summed E-state index contributed by atoms with van der Waals surface area (Å²) in [7, 11) is 0. The molecule has 7 nitrogen and oxygen atoms in total. The zero-order chi connectivity index (χ0) is 16.8. The zero-order valence-corrected chi connectivity index (χ0v) is 13.0. The Balaban J connectivity index is 1.87. The van der Waals surface area contributed by atoms with Crippen LogP contribution in [0.4, 0.5) is 11.4 Å². The van der Waals surface area contributed by atoms with E-state index in [1.54, 1.807) is 24.3 Å². The van der Waals surface area contributed by atoms with Crippen molar-refractivity contribution in [2.75, 3.05) is 11.1 Å². The van der Waals surface area contributed by atoms with Crippen molar-refractivity contribution >= 4 is 34.8 Å². The second kappa shape index (κ2) is 7.50. The van der Waals surface area contributed by atoms with Gasteiger partial charge >= 0.3 is 0 Å². The number of Topliss-reactive ketones (excluding diaryl/α,β-unsaturated/α-hetero) is 1. The molecule has 0 atom stereocenters. The summed E-state index contributed by atoms with van der Waals surface area (Å²) in [5, 5.41) is 13.7. The van der Waals surface area contributed by atoms with Gasteiger partial charge in [-0.15, -0.1) is 0 Å². The lowest BCUT2D eigenvalue weighted by Crippen LogP contribution is -2.14. The predicted octanol–water partition coefficient (Wildman–Crippen LogP) is 2.92. The molecule has 0 bridgehead atoms. The summed E-state index contributed by atoms with van der Waals surface area (Å²) in [6.07, 6.45) is 1.15. The molecule has 1 aromatic heterocycles.